The van der Waals surface area contributed by atoms with E-state index in [1.165, 1.54) is 77.5 Å². The van der Waals surface area contributed by atoms with Crippen LogP contribution in [0.5, 0.6) is 0 Å². The highest BCUT2D eigenvalue weighted by molar-refractivity contribution is 4.82. The van der Waals surface area contributed by atoms with E-state index in [1.807, 2.05) is 0 Å². The molecular weight excluding hydrogens is 208 g/mol. The Morgan fingerprint density at radius 2 is 1.76 bits per heavy atom. The normalized spacial score (nSPS) is 31.6. The number of hydrogen-bond acceptors (Lipinski definition) is 2. The summed E-state index contributed by atoms with van der Waals surface area (Å²) < 4.78 is 0. The van der Waals surface area contributed by atoms with Gasteiger partial charge >= 0.3 is 0 Å². The molecule has 0 amide bonds. The first-order chi connectivity index (χ1) is 8.40. The topological polar surface area (TPSA) is 15.3 Å². The molecule has 1 N–H and O–H groups in total. The largest absolute Gasteiger partial charge is 0.312 e. The van der Waals surface area contributed by atoms with E-state index in [0.717, 1.165) is 12.0 Å². The van der Waals surface area contributed by atoms with Crippen molar-refractivity contribution in [2.75, 3.05) is 26.2 Å². The lowest BCUT2D eigenvalue weighted by Gasteiger charge is -2.24. The Kier molecular flexibility index (Phi) is 5.79. The fourth-order valence-electron chi connectivity index (χ4n) is 3.56. The molecule has 0 bridgehead atoms. The van der Waals surface area contributed by atoms with Gasteiger partial charge in [0.25, 0.3) is 0 Å². The summed E-state index contributed by atoms with van der Waals surface area (Å²) in [6.45, 7) is 7.50. The summed E-state index contributed by atoms with van der Waals surface area (Å²) in [6.07, 6.45) is 11.4. The monoisotopic (exact) mass is 238 g/mol. The molecule has 2 heteroatoms. The summed E-state index contributed by atoms with van der Waals surface area (Å²) in [5.74, 6) is 0.958. The fourth-order valence-corrected chi connectivity index (χ4v) is 3.56. The van der Waals surface area contributed by atoms with Crippen LogP contribution >= 0.6 is 0 Å². The van der Waals surface area contributed by atoms with Crippen molar-refractivity contribution in [2.24, 2.45) is 5.92 Å². The minimum absolute atomic E-state index is 0.826. The van der Waals surface area contributed by atoms with Gasteiger partial charge in [0.2, 0.25) is 0 Å². The third kappa shape index (κ3) is 4.26. The molecule has 0 spiro atoms. The second-order valence-electron chi connectivity index (χ2n) is 5.92. The first kappa shape index (κ1) is 13.4. The van der Waals surface area contributed by atoms with E-state index in [-0.39, 0.29) is 0 Å². The minimum atomic E-state index is 0.826. The van der Waals surface area contributed by atoms with Crippen LogP contribution in [0.1, 0.15) is 58.3 Å². The zero-order chi connectivity index (χ0) is 11.9. The summed E-state index contributed by atoms with van der Waals surface area (Å²) in [5, 5.41) is 3.81. The molecule has 2 fully saturated rings. The van der Waals surface area contributed by atoms with Crippen LogP contribution in [-0.4, -0.2) is 37.1 Å². The molecule has 2 atom stereocenters. The van der Waals surface area contributed by atoms with Gasteiger partial charge < -0.3 is 10.2 Å². The highest BCUT2D eigenvalue weighted by Gasteiger charge is 2.24. The van der Waals surface area contributed by atoms with Crippen molar-refractivity contribution >= 4 is 0 Å². The van der Waals surface area contributed by atoms with Crippen molar-refractivity contribution in [3.63, 3.8) is 0 Å². The molecule has 17 heavy (non-hydrogen) atoms. The molecule has 2 nitrogen and oxygen atoms in total. The van der Waals surface area contributed by atoms with Gasteiger partial charge in [-0.2, -0.15) is 0 Å². The third-order valence-electron chi connectivity index (χ3n) is 4.72. The maximum absolute atomic E-state index is 3.81. The van der Waals surface area contributed by atoms with Gasteiger partial charge in [-0.3, -0.25) is 0 Å². The number of rotatable bonds is 5. The molecule has 1 heterocycles. The van der Waals surface area contributed by atoms with Gasteiger partial charge in [-0.25, -0.2) is 0 Å². The maximum atomic E-state index is 3.81. The maximum Gasteiger partial charge on any atom is 0.0107 e. The number of nitrogens with zero attached hydrogens (tertiary/aromatic N) is 1. The van der Waals surface area contributed by atoms with Crippen molar-refractivity contribution in [3.05, 3.63) is 0 Å². The van der Waals surface area contributed by atoms with Crippen LogP contribution in [0.25, 0.3) is 0 Å². The van der Waals surface area contributed by atoms with Crippen molar-refractivity contribution in [2.45, 2.75) is 64.3 Å². The average molecular weight is 238 g/mol. The van der Waals surface area contributed by atoms with Gasteiger partial charge in [-0.05, 0) is 44.7 Å². The number of likely N-dealkylation sites (tertiary alicyclic amines) is 1. The van der Waals surface area contributed by atoms with Gasteiger partial charge in [0.05, 0.1) is 0 Å². The van der Waals surface area contributed by atoms with E-state index in [2.05, 4.69) is 17.1 Å². The van der Waals surface area contributed by atoms with Crippen LogP contribution in [0.4, 0.5) is 0 Å². The van der Waals surface area contributed by atoms with Crippen LogP contribution in [0.15, 0.2) is 0 Å². The molecule has 0 radical (unpaired) electrons. The second-order valence-corrected chi connectivity index (χ2v) is 5.92. The van der Waals surface area contributed by atoms with E-state index in [0.29, 0.717) is 0 Å². The molecule has 2 rings (SSSR count). The van der Waals surface area contributed by atoms with Crippen LogP contribution in [0.2, 0.25) is 0 Å². The number of nitrogens with one attached hydrogen (secondary N) is 1. The van der Waals surface area contributed by atoms with Crippen LogP contribution in [-0.2, 0) is 0 Å². The van der Waals surface area contributed by atoms with Crippen molar-refractivity contribution in [1.29, 1.82) is 0 Å². The predicted molar refractivity (Wildman–Crippen MR) is 74.3 cm³/mol. The first-order valence-electron chi connectivity index (χ1n) is 7.86. The highest BCUT2D eigenvalue weighted by Crippen LogP contribution is 2.27. The molecule has 0 aromatic rings. The van der Waals surface area contributed by atoms with Crippen molar-refractivity contribution in [3.8, 4) is 0 Å². The molecule has 2 unspecified atom stereocenters. The van der Waals surface area contributed by atoms with Gasteiger partial charge in [0.15, 0.2) is 0 Å². The lowest BCUT2D eigenvalue weighted by atomic mass is 10.0. The lowest BCUT2D eigenvalue weighted by Crippen LogP contribution is -2.39. The molecule has 1 aliphatic heterocycles. The van der Waals surface area contributed by atoms with Crippen LogP contribution < -0.4 is 5.32 Å². The molecule has 2 aliphatic rings. The standard InChI is InChI=1S/C15H30N2/c1-2-14-8-7-9-15(14)16-10-13-17-11-5-3-4-6-12-17/h14-16H,2-13H2,1H3. The molecule has 0 aromatic carbocycles. The Morgan fingerprint density at radius 1 is 1.00 bits per heavy atom. The van der Waals surface area contributed by atoms with Crippen molar-refractivity contribution < 1.29 is 0 Å². The zero-order valence-corrected chi connectivity index (χ0v) is 11.6. The Hall–Kier alpha value is -0.0800. The molecule has 100 valence electrons. The molecule has 1 saturated carbocycles. The molecule has 0 aromatic heterocycles. The van der Waals surface area contributed by atoms with Crippen LogP contribution in [0, 0.1) is 5.92 Å². The van der Waals surface area contributed by atoms with E-state index in [4.69, 9.17) is 0 Å². The molecule has 1 saturated heterocycles. The Balaban J connectivity index is 1.61. The summed E-state index contributed by atoms with van der Waals surface area (Å²) in [5.41, 5.74) is 0. The Labute approximate surface area is 107 Å². The van der Waals surface area contributed by atoms with Gasteiger partial charge in [0, 0.05) is 19.1 Å². The lowest BCUT2D eigenvalue weighted by molar-refractivity contribution is 0.272. The number of hydrogen-bond donors (Lipinski definition) is 1. The molecule has 1 aliphatic carbocycles. The third-order valence-corrected chi connectivity index (χ3v) is 4.72. The highest BCUT2D eigenvalue weighted by atomic mass is 15.1. The van der Waals surface area contributed by atoms with E-state index in [1.54, 1.807) is 0 Å². The minimum Gasteiger partial charge on any atom is -0.312 e. The smallest absolute Gasteiger partial charge is 0.0107 e. The van der Waals surface area contributed by atoms with Gasteiger partial charge in [-0.1, -0.05) is 32.6 Å². The first-order valence-corrected chi connectivity index (χ1v) is 7.86. The second kappa shape index (κ2) is 7.38. The van der Waals surface area contributed by atoms with Crippen molar-refractivity contribution in [1.82, 2.24) is 10.2 Å². The quantitative estimate of drug-likeness (QED) is 0.792. The van der Waals surface area contributed by atoms with E-state index >= 15 is 0 Å². The predicted octanol–water partition coefficient (Wildman–Crippen LogP) is 3.03. The van der Waals surface area contributed by atoms with Crippen LogP contribution in [0.3, 0.4) is 0 Å². The summed E-state index contributed by atoms with van der Waals surface area (Å²) in [7, 11) is 0. The summed E-state index contributed by atoms with van der Waals surface area (Å²) in [6, 6.07) is 0.826. The van der Waals surface area contributed by atoms with E-state index in [9.17, 15) is 0 Å². The zero-order valence-electron chi connectivity index (χ0n) is 11.6. The summed E-state index contributed by atoms with van der Waals surface area (Å²) >= 11 is 0. The summed E-state index contributed by atoms with van der Waals surface area (Å²) in [4.78, 5) is 2.66. The Bertz CT molecular complexity index is 197. The average Bonchev–Trinajstić information content (AvgIpc) is 2.64. The Morgan fingerprint density at radius 3 is 2.47 bits per heavy atom. The fraction of sp³-hybridized carbons (Fsp3) is 1.00. The molecular formula is C15H30N2. The van der Waals surface area contributed by atoms with E-state index < -0.39 is 0 Å². The van der Waals surface area contributed by atoms with Gasteiger partial charge in [0.1, 0.15) is 0 Å². The SMILES string of the molecule is CCC1CCCC1NCCN1CCCCCC1. The van der Waals surface area contributed by atoms with Gasteiger partial charge in [-0.15, -0.1) is 0 Å².